The van der Waals surface area contributed by atoms with Crippen LogP contribution in [0.5, 0.6) is 0 Å². The Morgan fingerprint density at radius 3 is 2.75 bits per heavy atom. The Kier molecular flexibility index (Phi) is 4.37. The standard InChI is InChI=1S/C15H26N2O3/c1-5-10(2)12-14(19)17(11(3)13(18)16-12)15(4)7-6-8-20-9-15/h10-12H,5-9H2,1-4H3,(H,16,18). The molecular weight excluding hydrogens is 256 g/mol. The number of rotatable bonds is 3. The van der Waals surface area contributed by atoms with Crippen molar-refractivity contribution in [2.24, 2.45) is 5.92 Å². The highest BCUT2D eigenvalue weighted by molar-refractivity contribution is 5.97. The molecule has 5 heteroatoms. The van der Waals surface area contributed by atoms with Gasteiger partial charge in [0, 0.05) is 6.61 Å². The fraction of sp³-hybridized carbons (Fsp3) is 0.867. The highest BCUT2D eigenvalue weighted by atomic mass is 16.5. The van der Waals surface area contributed by atoms with Gasteiger partial charge in [-0.05, 0) is 32.6 Å². The minimum absolute atomic E-state index is 0.0412. The Labute approximate surface area is 121 Å². The normalized spacial score (nSPS) is 36.7. The Balaban J connectivity index is 2.28. The van der Waals surface area contributed by atoms with Crippen LogP contribution in [0.25, 0.3) is 0 Å². The van der Waals surface area contributed by atoms with Crippen molar-refractivity contribution >= 4 is 11.8 Å². The van der Waals surface area contributed by atoms with Gasteiger partial charge in [-0.2, -0.15) is 0 Å². The quantitative estimate of drug-likeness (QED) is 0.849. The predicted molar refractivity (Wildman–Crippen MR) is 76.2 cm³/mol. The second kappa shape index (κ2) is 5.72. The predicted octanol–water partition coefficient (Wildman–Crippen LogP) is 1.32. The molecular formula is C15H26N2O3. The zero-order valence-corrected chi connectivity index (χ0v) is 12.9. The molecule has 0 radical (unpaired) electrons. The van der Waals surface area contributed by atoms with E-state index >= 15 is 0 Å². The van der Waals surface area contributed by atoms with Gasteiger partial charge in [0.25, 0.3) is 0 Å². The van der Waals surface area contributed by atoms with E-state index in [4.69, 9.17) is 4.74 Å². The SMILES string of the molecule is CCC(C)C1NC(=O)C(C)N(C2(C)CCCOC2)C1=O. The molecule has 2 aliphatic rings. The molecule has 2 rings (SSSR count). The lowest BCUT2D eigenvalue weighted by Gasteiger charge is -2.50. The molecule has 114 valence electrons. The average molecular weight is 282 g/mol. The zero-order valence-electron chi connectivity index (χ0n) is 12.9. The van der Waals surface area contributed by atoms with Crippen LogP contribution in [0, 0.1) is 5.92 Å². The number of nitrogens with zero attached hydrogens (tertiary/aromatic N) is 1. The third-order valence-electron chi connectivity index (χ3n) is 4.78. The molecule has 0 aromatic heterocycles. The van der Waals surface area contributed by atoms with Gasteiger partial charge < -0.3 is 15.0 Å². The fourth-order valence-electron chi connectivity index (χ4n) is 3.26. The van der Waals surface area contributed by atoms with Crippen molar-refractivity contribution in [3.8, 4) is 0 Å². The van der Waals surface area contributed by atoms with E-state index in [1.807, 2.05) is 20.8 Å². The van der Waals surface area contributed by atoms with Crippen molar-refractivity contribution in [1.82, 2.24) is 10.2 Å². The molecule has 4 atom stereocenters. The minimum Gasteiger partial charge on any atom is -0.379 e. The maximum absolute atomic E-state index is 12.8. The number of carbonyl (C=O) groups excluding carboxylic acids is 2. The molecule has 0 saturated carbocycles. The number of nitrogens with one attached hydrogen (secondary N) is 1. The minimum atomic E-state index is -0.422. The van der Waals surface area contributed by atoms with E-state index in [2.05, 4.69) is 5.32 Å². The third kappa shape index (κ3) is 2.55. The molecule has 1 N–H and O–H groups in total. The first-order valence-electron chi connectivity index (χ1n) is 7.62. The summed E-state index contributed by atoms with van der Waals surface area (Å²) in [5, 5.41) is 2.88. The lowest BCUT2D eigenvalue weighted by molar-refractivity contribution is -0.163. The van der Waals surface area contributed by atoms with Crippen LogP contribution < -0.4 is 5.32 Å². The van der Waals surface area contributed by atoms with Gasteiger partial charge in [-0.25, -0.2) is 0 Å². The smallest absolute Gasteiger partial charge is 0.246 e. The molecule has 0 aromatic carbocycles. The maximum atomic E-state index is 12.8. The van der Waals surface area contributed by atoms with Crippen LogP contribution >= 0.6 is 0 Å². The lowest BCUT2D eigenvalue weighted by atomic mass is 9.86. The fourth-order valence-corrected chi connectivity index (χ4v) is 3.26. The van der Waals surface area contributed by atoms with Crippen LogP contribution in [0.4, 0.5) is 0 Å². The van der Waals surface area contributed by atoms with Crippen LogP contribution in [0.15, 0.2) is 0 Å². The first-order chi connectivity index (χ1) is 9.40. The van der Waals surface area contributed by atoms with Crippen molar-refractivity contribution in [3.05, 3.63) is 0 Å². The van der Waals surface area contributed by atoms with Gasteiger partial charge in [0.05, 0.1) is 12.1 Å². The van der Waals surface area contributed by atoms with Crippen LogP contribution in [0.2, 0.25) is 0 Å². The number of ether oxygens (including phenoxy) is 1. The highest BCUT2D eigenvalue weighted by Crippen LogP contribution is 2.31. The lowest BCUT2D eigenvalue weighted by Crippen LogP contribution is -2.70. The van der Waals surface area contributed by atoms with E-state index in [0.29, 0.717) is 6.61 Å². The van der Waals surface area contributed by atoms with Gasteiger partial charge in [-0.3, -0.25) is 9.59 Å². The highest BCUT2D eigenvalue weighted by Gasteiger charge is 2.48. The average Bonchev–Trinajstić information content (AvgIpc) is 2.42. The van der Waals surface area contributed by atoms with Gasteiger partial charge in [0.1, 0.15) is 12.1 Å². The number of carbonyl (C=O) groups is 2. The molecule has 2 saturated heterocycles. The molecule has 0 bridgehead atoms. The topological polar surface area (TPSA) is 58.6 Å². The molecule has 2 heterocycles. The summed E-state index contributed by atoms with van der Waals surface area (Å²) >= 11 is 0. The van der Waals surface area contributed by atoms with E-state index in [0.717, 1.165) is 25.9 Å². The summed E-state index contributed by atoms with van der Waals surface area (Å²) in [7, 11) is 0. The number of hydrogen-bond donors (Lipinski definition) is 1. The second-order valence-electron chi connectivity index (χ2n) is 6.41. The number of piperazine rings is 1. The largest absolute Gasteiger partial charge is 0.379 e. The van der Waals surface area contributed by atoms with Crippen molar-refractivity contribution in [1.29, 1.82) is 0 Å². The Morgan fingerprint density at radius 2 is 2.20 bits per heavy atom. The Morgan fingerprint density at radius 1 is 1.50 bits per heavy atom. The molecule has 0 aromatic rings. The molecule has 0 spiro atoms. The van der Waals surface area contributed by atoms with E-state index in [-0.39, 0.29) is 23.3 Å². The Hall–Kier alpha value is -1.10. The van der Waals surface area contributed by atoms with Crippen LogP contribution in [0.3, 0.4) is 0 Å². The van der Waals surface area contributed by atoms with Crippen molar-refractivity contribution in [3.63, 3.8) is 0 Å². The van der Waals surface area contributed by atoms with Crippen molar-refractivity contribution in [2.45, 2.75) is 64.6 Å². The van der Waals surface area contributed by atoms with Crippen molar-refractivity contribution in [2.75, 3.05) is 13.2 Å². The summed E-state index contributed by atoms with van der Waals surface area (Å²) in [6, 6.07) is -0.822. The monoisotopic (exact) mass is 282 g/mol. The summed E-state index contributed by atoms with van der Waals surface area (Å²) in [6.45, 7) is 9.15. The summed E-state index contributed by atoms with van der Waals surface area (Å²) in [6.07, 6.45) is 2.69. The molecule has 5 nitrogen and oxygen atoms in total. The van der Waals surface area contributed by atoms with E-state index in [9.17, 15) is 9.59 Å². The van der Waals surface area contributed by atoms with Crippen molar-refractivity contribution < 1.29 is 14.3 Å². The van der Waals surface area contributed by atoms with Gasteiger partial charge in [-0.1, -0.05) is 20.3 Å². The summed E-state index contributed by atoms with van der Waals surface area (Å²) in [5.41, 5.74) is -0.363. The Bertz CT molecular complexity index is 391. The van der Waals surface area contributed by atoms with Gasteiger partial charge in [-0.15, -0.1) is 0 Å². The van der Waals surface area contributed by atoms with E-state index in [1.54, 1.807) is 11.8 Å². The van der Waals surface area contributed by atoms with Gasteiger partial charge in [0.15, 0.2) is 0 Å². The third-order valence-corrected chi connectivity index (χ3v) is 4.78. The van der Waals surface area contributed by atoms with Crippen LogP contribution in [-0.2, 0) is 14.3 Å². The van der Waals surface area contributed by atoms with Crippen LogP contribution in [0.1, 0.15) is 47.0 Å². The van der Waals surface area contributed by atoms with Crippen LogP contribution in [-0.4, -0.2) is 47.6 Å². The summed E-state index contributed by atoms with van der Waals surface area (Å²) < 4.78 is 5.57. The second-order valence-corrected chi connectivity index (χ2v) is 6.41. The molecule has 4 unspecified atom stereocenters. The maximum Gasteiger partial charge on any atom is 0.246 e. The van der Waals surface area contributed by atoms with Gasteiger partial charge >= 0.3 is 0 Å². The van der Waals surface area contributed by atoms with Gasteiger partial charge in [0.2, 0.25) is 11.8 Å². The molecule has 2 fully saturated rings. The van der Waals surface area contributed by atoms with E-state index < -0.39 is 12.1 Å². The first-order valence-corrected chi connectivity index (χ1v) is 7.62. The zero-order chi connectivity index (χ0) is 14.9. The molecule has 2 aliphatic heterocycles. The summed E-state index contributed by atoms with van der Waals surface area (Å²) in [5.74, 6) is 0.135. The first kappa shape index (κ1) is 15.3. The van der Waals surface area contributed by atoms with E-state index in [1.165, 1.54) is 0 Å². The number of amides is 2. The summed E-state index contributed by atoms with van der Waals surface area (Å²) in [4.78, 5) is 26.8. The molecule has 2 amide bonds. The molecule has 20 heavy (non-hydrogen) atoms. The molecule has 0 aliphatic carbocycles. The number of hydrogen-bond acceptors (Lipinski definition) is 3.